The average Bonchev–Trinajstić information content (AvgIpc) is 3.52. The van der Waals surface area contributed by atoms with Crippen LogP contribution >= 0.6 is 57.1 Å². The Morgan fingerprint density at radius 1 is 1.23 bits per heavy atom. The molecule has 1 aliphatic heterocycles. The van der Waals surface area contributed by atoms with E-state index in [1.165, 1.54) is 23.0 Å². The van der Waals surface area contributed by atoms with Gasteiger partial charge in [-0.05, 0) is 90.5 Å². The van der Waals surface area contributed by atoms with Crippen molar-refractivity contribution >= 4 is 69.2 Å². The van der Waals surface area contributed by atoms with E-state index in [2.05, 4.69) is 4.99 Å². The monoisotopic (exact) mass is 710 g/mol. The van der Waals surface area contributed by atoms with E-state index in [0.717, 1.165) is 0 Å². The van der Waals surface area contributed by atoms with E-state index < -0.39 is 12.0 Å². The van der Waals surface area contributed by atoms with Gasteiger partial charge in [0.15, 0.2) is 16.3 Å². The summed E-state index contributed by atoms with van der Waals surface area (Å²) in [5.74, 6) is 0.557. The first kappa shape index (κ1) is 28.5. The number of allylic oxidation sites excluding steroid dienone is 1. The maximum Gasteiger partial charge on any atom is 0.338 e. The van der Waals surface area contributed by atoms with Crippen LogP contribution in [0, 0.1) is 3.57 Å². The molecule has 0 spiro atoms. The zero-order chi connectivity index (χ0) is 28.7. The second-order valence-electron chi connectivity index (χ2n) is 8.69. The van der Waals surface area contributed by atoms with E-state index >= 15 is 0 Å². The number of hydrogen-bond acceptors (Lipinski definition) is 8. The van der Waals surface area contributed by atoms with Crippen molar-refractivity contribution in [3.8, 4) is 22.8 Å². The molecule has 0 amide bonds. The fourth-order valence-electron chi connectivity index (χ4n) is 4.35. The highest BCUT2D eigenvalue weighted by atomic mass is 127. The molecule has 0 saturated heterocycles. The van der Waals surface area contributed by atoms with Crippen LogP contribution in [0.3, 0.4) is 0 Å². The molecular weight excluding hydrogens is 690 g/mol. The number of hydrogen-bond donors (Lipinski definition) is 1. The number of phenolic OH excluding ortho intramolecular Hbond substituents is 1. The van der Waals surface area contributed by atoms with Crippen LogP contribution in [-0.2, 0) is 9.53 Å². The molecule has 2 aromatic carbocycles. The van der Waals surface area contributed by atoms with Gasteiger partial charge in [0.05, 0.1) is 43.1 Å². The van der Waals surface area contributed by atoms with Gasteiger partial charge >= 0.3 is 5.97 Å². The Hall–Kier alpha value is -3.06. The van der Waals surface area contributed by atoms with Gasteiger partial charge in [-0.15, -0.1) is 0 Å². The van der Waals surface area contributed by atoms with Crippen molar-refractivity contribution in [2.24, 2.45) is 4.99 Å². The normalized spacial score (nSPS) is 15.2. The Labute approximate surface area is 255 Å². The molecule has 1 atom stereocenters. The molecule has 4 aromatic rings. The maximum atomic E-state index is 13.9. The van der Waals surface area contributed by atoms with Gasteiger partial charge < -0.3 is 19.0 Å². The minimum Gasteiger partial charge on any atom is -0.504 e. The topological polar surface area (TPSA) is 103 Å². The van der Waals surface area contributed by atoms with Crippen LogP contribution in [0.4, 0.5) is 0 Å². The first-order valence-electron chi connectivity index (χ1n) is 11.9. The number of fused-ring (bicyclic) bond motifs is 1. The molecule has 5 rings (SSSR count). The summed E-state index contributed by atoms with van der Waals surface area (Å²) >= 11 is 15.5. The SMILES string of the molecule is CCOC(=O)C1=C(C)N=c2s/c(=C\c3cc(I)c(O)c(OC)c3)c(=O)n2[C@@H]1c1ccc(-c2ccc(Cl)c(Cl)c2)o1. The van der Waals surface area contributed by atoms with Gasteiger partial charge in [0.25, 0.3) is 5.56 Å². The summed E-state index contributed by atoms with van der Waals surface area (Å²) in [5.41, 5.74) is 1.60. The molecule has 0 bridgehead atoms. The number of nitrogens with zero attached hydrogens (tertiary/aromatic N) is 2. The molecule has 0 radical (unpaired) electrons. The number of furan rings is 1. The largest absolute Gasteiger partial charge is 0.504 e. The van der Waals surface area contributed by atoms with Crippen LogP contribution < -0.4 is 19.6 Å². The summed E-state index contributed by atoms with van der Waals surface area (Å²) in [4.78, 5) is 32.0. The summed E-state index contributed by atoms with van der Waals surface area (Å²) in [6.07, 6.45) is 1.69. The summed E-state index contributed by atoms with van der Waals surface area (Å²) in [7, 11) is 1.46. The molecular formula is C28H21Cl2IN2O6S. The van der Waals surface area contributed by atoms with Crippen LogP contribution in [-0.4, -0.2) is 29.4 Å². The summed E-state index contributed by atoms with van der Waals surface area (Å²) < 4.78 is 19.2. The van der Waals surface area contributed by atoms with Crippen LogP contribution in [0.2, 0.25) is 10.0 Å². The fraction of sp³-hybridized carbons (Fsp3) is 0.179. The highest BCUT2D eigenvalue weighted by Crippen LogP contribution is 2.36. The molecule has 8 nitrogen and oxygen atoms in total. The van der Waals surface area contributed by atoms with Crippen LogP contribution in [0.1, 0.15) is 31.2 Å². The first-order chi connectivity index (χ1) is 19.1. The lowest BCUT2D eigenvalue weighted by Crippen LogP contribution is -2.39. The third-order valence-corrected chi connectivity index (χ3v) is 8.73. The van der Waals surface area contributed by atoms with Gasteiger partial charge in [-0.1, -0.05) is 34.5 Å². The molecule has 2 aromatic heterocycles. The Kier molecular flexibility index (Phi) is 8.14. The van der Waals surface area contributed by atoms with Crippen molar-refractivity contribution in [1.82, 2.24) is 4.57 Å². The van der Waals surface area contributed by atoms with Gasteiger partial charge in [-0.2, -0.15) is 0 Å². The molecule has 0 fully saturated rings. The Balaban J connectivity index is 1.69. The molecule has 1 aliphatic rings. The summed E-state index contributed by atoms with van der Waals surface area (Å²) in [5, 5.41) is 11.0. The second kappa shape index (κ2) is 11.4. The third-order valence-electron chi connectivity index (χ3n) is 6.19. The van der Waals surface area contributed by atoms with Crippen molar-refractivity contribution in [2.75, 3.05) is 13.7 Å². The average molecular weight is 711 g/mol. The molecule has 3 heterocycles. The number of carbonyl (C=O) groups is 1. The number of thiazole rings is 1. The highest BCUT2D eigenvalue weighted by Gasteiger charge is 2.35. The number of rotatable bonds is 6. The van der Waals surface area contributed by atoms with E-state index in [4.69, 9.17) is 37.1 Å². The van der Waals surface area contributed by atoms with E-state index in [9.17, 15) is 14.7 Å². The lowest BCUT2D eigenvalue weighted by Gasteiger charge is -2.22. The number of esters is 1. The molecule has 12 heteroatoms. The van der Waals surface area contributed by atoms with E-state index in [0.29, 0.717) is 51.3 Å². The molecule has 1 N–H and O–H groups in total. The molecule has 0 unspecified atom stereocenters. The number of halogens is 3. The van der Waals surface area contributed by atoms with Gasteiger partial charge in [-0.25, -0.2) is 9.79 Å². The lowest BCUT2D eigenvalue weighted by atomic mass is 10.0. The Morgan fingerprint density at radius 2 is 2.00 bits per heavy atom. The van der Waals surface area contributed by atoms with Crippen molar-refractivity contribution in [3.63, 3.8) is 0 Å². The van der Waals surface area contributed by atoms with Gasteiger partial charge in [0.2, 0.25) is 0 Å². The van der Waals surface area contributed by atoms with Crippen molar-refractivity contribution < 1.29 is 23.8 Å². The minimum atomic E-state index is -0.913. The number of carbonyl (C=O) groups excluding carboxylic acids is 1. The van der Waals surface area contributed by atoms with E-state index in [1.54, 1.807) is 62.4 Å². The summed E-state index contributed by atoms with van der Waals surface area (Å²) in [6.45, 7) is 3.56. The molecule has 206 valence electrons. The quantitative estimate of drug-likeness (QED) is 0.204. The zero-order valence-electron chi connectivity index (χ0n) is 21.3. The predicted octanol–water partition coefficient (Wildman–Crippen LogP) is 5.68. The molecule has 0 aliphatic carbocycles. The summed E-state index contributed by atoms with van der Waals surface area (Å²) in [6, 6.07) is 11.0. The third kappa shape index (κ3) is 5.20. The Morgan fingerprint density at radius 3 is 2.70 bits per heavy atom. The maximum absolute atomic E-state index is 13.9. The molecule has 40 heavy (non-hydrogen) atoms. The fourth-order valence-corrected chi connectivity index (χ4v) is 6.32. The highest BCUT2D eigenvalue weighted by molar-refractivity contribution is 14.1. The Bertz CT molecular complexity index is 1870. The number of aromatic nitrogens is 1. The number of benzene rings is 2. The lowest BCUT2D eigenvalue weighted by molar-refractivity contribution is -0.139. The smallest absolute Gasteiger partial charge is 0.338 e. The van der Waals surface area contributed by atoms with E-state index in [1.807, 2.05) is 22.6 Å². The van der Waals surface area contributed by atoms with E-state index in [-0.39, 0.29) is 29.2 Å². The van der Waals surface area contributed by atoms with Crippen molar-refractivity contribution in [3.05, 3.63) is 98.4 Å². The standard InChI is InChI=1S/C28H21Cl2IN2O6S/c1-4-38-27(36)23-13(2)32-28-33(24(23)20-8-7-19(39-20)15-5-6-16(29)17(30)12-15)26(35)22(40-28)11-14-9-18(31)25(34)21(10-14)37-3/h5-12,24,34H,4H2,1-3H3/b22-11-/t24-/m1/s1. The van der Waals surface area contributed by atoms with Crippen molar-refractivity contribution in [1.29, 1.82) is 0 Å². The van der Waals surface area contributed by atoms with Gasteiger partial charge in [0.1, 0.15) is 17.6 Å². The zero-order valence-corrected chi connectivity index (χ0v) is 25.8. The number of ether oxygens (including phenoxy) is 2. The molecule has 0 saturated carbocycles. The van der Waals surface area contributed by atoms with Gasteiger partial charge in [0, 0.05) is 5.56 Å². The number of aromatic hydroxyl groups is 1. The van der Waals surface area contributed by atoms with Crippen molar-refractivity contribution in [2.45, 2.75) is 19.9 Å². The van der Waals surface area contributed by atoms with Crippen LogP contribution in [0.5, 0.6) is 11.5 Å². The second-order valence-corrected chi connectivity index (χ2v) is 11.7. The minimum absolute atomic E-state index is 0.0204. The first-order valence-corrected chi connectivity index (χ1v) is 14.6. The number of methoxy groups -OCH3 is 1. The van der Waals surface area contributed by atoms with Crippen LogP contribution in [0.15, 0.2) is 67.9 Å². The van der Waals surface area contributed by atoms with Gasteiger partial charge in [-0.3, -0.25) is 9.36 Å². The number of phenols is 1. The predicted molar refractivity (Wildman–Crippen MR) is 162 cm³/mol. The van der Waals surface area contributed by atoms with Crippen LogP contribution in [0.25, 0.3) is 17.4 Å².